The topological polar surface area (TPSA) is 93.0 Å². The van der Waals surface area contributed by atoms with Crippen molar-refractivity contribution in [1.29, 1.82) is 0 Å². The normalized spacial score (nSPS) is 10.4. The molecule has 1 aromatic heterocycles. The standard InChI is InChI=1S/C19H18ClN5O2/c1-13-7-8-15(20)11-16(13)24-19-17(25(26)27)18(22-12-23-19)21-10-9-14-5-3-2-4-6-14/h2-8,11-12H,9-10H2,1H3,(H2,21,22,23,24). The summed E-state index contributed by atoms with van der Waals surface area (Å²) < 4.78 is 0. The first kappa shape index (κ1) is 18.6. The number of anilines is 3. The monoisotopic (exact) mass is 383 g/mol. The molecule has 7 nitrogen and oxygen atoms in total. The van der Waals surface area contributed by atoms with Crippen LogP contribution >= 0.6 is 11.6 Å². The van der Waals surface area contributed by atoms with Gasteiger partial charge in [0.25, 0.3) is 0 Å². The van der Waals surface area contributed by atoms with Crippen molar-refractivity contribution in [2.75, 3.05) is 17.2 Å². The fourth-order valence-electron chi connectivity index (χ4n) is 2.60. The lowest BCUT2D eigenvalue weighted by Crippen LogP contribution is -2.11. The quantitative estimate of drug-likeness (QED) is 0.452. The number of nitro groups is 1. The van der Waals surface area contributed by atoms with Crippen LogP contribution < -0.4 is 10.6 Å². The molecule has 0 saturated heterocycles. The van der Waals surface area contributed by atoms with E-state index < -0.39 is 4.92 Å². The summed E-state index contributed by atoms with van der Waals surface area (Å²) in [6.07, 6.45) is 2.01. The smallest absolute Gasteiger partial charge is 0.353 e. The van der Waals surface area contributed by atoms with E-state index in [0.29, 0.717) is 17.3 Å². The van der Waals surface area contributed by atoms with Crippen molar-refractivity contribution in [2.24, 2.45) is 0 Å². The molecule has 0 aliphatic carbocycles. The van der Waals surface area contributed by atoms with Gasteiger partial charge in [-0.15, -0.1) is 0 Å². The predicted octanol–water partition coefficient (Wildman–Crippen LogP) is 4.74. The van der Waals surface area contributed by atoms with Gasteiger partial charge in [-0.3, -0.25) is 10.1 Å². The molecule has 0 saturated carbocycles. The Hall–Kier alpha value is -3.19. The molecule has 3 rings (SSSR count). The van der Waals surface area contributed by atoms with Crippen LogP contribution in [-0.2, 0) is 6.42 Å². The maximum atomic E-state index is 11.6. The van der Waals surface area contributed by atoms with E-state index in [1.54, 1.807) is 12.1 Å². The lowest BCUT2D eigenvalue weighted by atomic mass is 10.1. The van der Waals surface area contributed by atoms with Gasteiger partial charge in [0, 0.05) is 17.3 Å². The van der Waals surface area contributed by atoms with Crippen LogP contribution in [0.5, 0.6) is 0 Å². The molecule has 2 N–H and O–H groups in total. The van der Waals surface area contributed by atoms with Gasteiger partial charge >= 0.3 is 5.69 Å². The van der Waals surface area contributed by atoms with Crippen LogP contribution in [0.3, 0.4) is 0 Å². The largest absolute Gasteiger partial charge is 0.364 e. The van der Waals surface area contributed by atoms with Crippen molar-refractivity contribution in [3.63, 3.8) is 0 Å². The molecule has 0 amide bonds. The predicted molar refractivity (Wildman–Crippen MR) is 107 cm³/mol. The molecule has 0 aliphatic rings. The van der Waals surface area contributed by atoms with Crippen molar-refractivity contribution in [3.05, 3.63) is 81.1 Å². The molecule has 0 fully saturated rings. The molecule has 27 heavy (non-hydrogen) atoms. The Morgan fingerprint density at radius 1 is 1.11 bits per heavy atom. The Labute approximate surface area is 161 Å². The second kappa shape index (κ2) is 8.46. The van der Waals surface area contributed by atoms with Crippen LogP contribution in [0.25, 0.3) is 0 Å². The zero-order valence-corrected chi connectivity index (χ0v) is 15.4. The number of nitrogens with zero attached hydrogens (tertiary/aromatic N) is 3. The summed E-state index contributed by atoms with van der Waals surface area (Å²) in [4.78, 5) is 19.2. The van der Waals surface area contributed by atoms with E-state index in [9.17, 15) is 10.1 Å². The third-order valence-corrected chi connectivity index (χ3v) is 4.24. The third kappa shape index (κ3) is 4.71. The van der Waals surface area contributed by atoms with Gasteiger partial charge in [0.05, 0.1) is 4.92 Å². The van der Waals surface area contributed by atoms with E-state index in [-0.39, 0.29) is 17.3 Å². The first-order valence-corrected chi connectivity index (χ1v) is 8.73. The summed E-state index contributed by atoms with van der Waals surface area (Å²) in [6, 6.07) is 15.2. The first-order valence-electron chi connectivity index (χ1n) is 8.35. The lowest BCUT2D eigenvalue weighted by molar-refractivity contribution is -0.383. The van der Waals surface area contributed by atoms with Gasteiger partial charge in [-0.05, 0) is 36.6 Å². The zero-order chi connectivity index (χ0) is 19.2. The van der Waals surface area contributed by atoms with E-state index in [1.807, 2.05) is 43.3 Å². The van der Waals surface area contributed by atoms with Gasteiger partial charge in [0.1, 0.15) is 6.33 Å². The number of aromatic nitrogens is 2. The highest BCUT2D eigenvalue weighted by atomic mass is 35.5. The minimum atomic E-state index is -0.493. The van der Waals surface area contributed by atoms with Gasteiger partial charge in [-0.1, -0.05) is 48.0 Å². The molecular formula is C19H18ClN5O2. The highest BCUT2D eigenvalue weighted by Crippen LogP contribution is 2.32. The first-order chi connectivity index (χ1) is 13.0. The van der Waals surface area contributed by atoms with Crippen LogP contribution in [0, 0.1) is 17.0 Å². The molecule has 0 spiro atoms. The summed E-state index contributed by atoms with van der Waals surface area (Å²) in [5.41, 5.74) is 2.48. The average Bonchev–Trinajstić information content (AvgIpc) is 2.65. The van der Waals surface area contributed by atoms with E-state index in [0.717, 1.165) is 17.5 Å². The maximum Gasteiger partial charge on any atom is 0.353 e. The van der Waals surface area contributed by atoms with Crippen LogP contribution in [0.4, 0.5) is 23.0 Å². The molecule has 0 bridgehead atoms. The zero-order valence-electron chi connectivity index (χ0n) is 14.6. The van der Waals surface area contributed by atoms with Crippen molar-refractivity contribution in [2.45, 2.75) is 13.3 Å². The van der Waals surface area contributed by atoms with Crippen LogP contribution in [0.1, 0.15) is 11.1 Å². The Morgan fingerprint density at radius 2 is 1.85 bits per heavy atom. The van der Waals surface area contributed by atoms with Gasteiger partial charge < -0.3 is 10.6 Å². The highest BCUT2D eigenvalue weighted by molar-refractivity contribution is 6.30. The summed E-state index contributed by atoms with van der Waals surface area (Å²) in [5.74, 6) is 0.288. The number of benzene rings is 2. The van der Waals surface area contributed by atoms with Crippen LogP contribution in [-0.4, -0.2) is 21.4 Å². The fourth-order valence-corrected chi connectivity index (χ4v) is 2.77. The minimum absolute atomic E-state index is 0.113. The molecule has 1 heterocycles. The van der Waals surface area contributed by atoms with E-state index in [2.05, 4.69) is 20.6 Å². The number of hydrogen-bond acceptors (Lipinski definition) is 6. The summed E-state index contributed by atoms with van der Waals surface area (Å²) in [7, 11) is 0. The van der Waals surface area contributed by atoms with Crippen molar-refractivity contribution in [1.82, 2.24) is 9.97 Å². The molecule has 0 unspecified atom stereocenters. The Balaban J connectivity index is 1.82. The number of halogens is 1. The Bertz CT molecular complexity index is 950. The maximum absolute atomic E-state index is 11.6. The van der Waals surface area contributed by atoms with Crippen molar-refractivity contribution >= 4 is 34.6 Å². The molecule has 0 radical (unpaired) electrons. The molecule has 8 heteroatoms. The Morgan fingerprint density at radius 3 is 2.59 bits per heavy atom. The molecule has 3 aromatic rings. The SMILES string of the molecule is Cc1ccc(Cl)cc1Nc1ncnc(NCCc2ccccc2)c1[N+](=O)[O-]. The van der Waals surface area contributed by atoms with Gasteiger partial charge in [0.15, 0.2) is 0 Å². The molecule has 0 atom stereocenters. The number of aryl methyl sites for hydroxylation is 1. The van der Waals surface area contributed by atoms with Crippen LogP contribution in [0.15, 0.2) is 54.9 Å². The van der Waals surface area contributed by atoms with Crippen LogP contribution in [0.2, 0.25) is 5.02 Å². The number of nitrogens with one attached hydrogen (secondary N) is 2. The van der Waals surface area contributed by atoms with Crippen molar-refractivity contribution in [3.8, 4) is 0 Å². The van der Waals surface area contributed by atoms with E-state index in [4.69, 9.17) is 11.6 Å². The third-order valence-electron chi connectivity index (χ3n) is 4.01. The van der Waals surface area contributed by atoms with Gasteiger partial charge in [-0.25, -0.2) is 9.97 Å². The summed E-state index contributed by atoms with van der Waals surface area (Å²) in [6.45, 7) is 2.39. The van der Waals surface area contributed by atoms with Crippen molar-refractivity contribution < 1.29 is 4.92 Å². The molecule has 0 aliphatic heterocycles. The number of rotatable bonds is 7. The second-order valence-electron chi connectivity index (χ2n) is 5.92. The Kier molecular flexibility index (Phi) is 5.83. The summed E-state index contributed by atoms with van der Waals surface area (Å²) >= 11 is 6.02. The summed E-state index contributed by atoms with van der Waals surface area (Å²) in [5, 5.41) is 18.2. The highest BCUT2D eigenvalue weighted by Gasteiger charge is 2.23. The second-order valence-corrected chi connectivity index (χ2v) is 6.36. The van der Waals surface area contributed by atoms with Gasteiger partial charge in [0.2, 0.25) is 11.6 Å². The molecule has 2 aromatic carbocycles. The average molecular weight is 384 g/mol. The molecule has 138 valence electrons. The number of hydrogen-bond donors (Lipinski definition) is 2. The lowest BCUT2D eigenvalue weighted by Gasteiger charge is -2.12. The van der Waals surface area contributed by atoms with E-state index in [1.165, 1.54) is 6.33 Å². The minimum Gasteiger partial charge on any atom is -0.364 e. The molecular weight excluding hydrogens is 366 g/mol. The van der Waals surface area contributed by atoms with E-state index >= 15 is 0 Å². The van der Waals surface area contributed by atoms with Gasteiger partial charge in [-0.2, -0.15) is 0 Å². The fraction of sp³-hybridized carbons (Fsp3) is 0.158.